The highest BCUT2D eigenvalue weighted by Gasteiger charge is 2.30. The zero-order valence-corrected chi connectivity index (χ0v) is 46.5. The van der Waals surface area contributed by atoms with E-state index in [2.05, 4.69) is 37.7 Å². The molecule has 0 bridgehead atoms. The van der Waals surface area contributed by atoms with Gasteiger partial charge in [0.05, 0.1) is 44.4 Å². The molecule has 6 heteroatoms. The van der Waals surface area contributed by atoms with Gasteiger partial charge in [-0.3, -0.25) is 13.7 Å². The Morgan fingerprint density at radius 1 is 0.488 bits per heavy atom. The largest absolute Gasteiger partial charge is 0.458 e. The molecule has 4 aromatic heterocycles. The van der Waals surface area contributed by atoms with Crippen LogP contribution in [0.4, 0.5) is 0 Å². The Kier molecular flexibility index (Phi) is 7.78. The minimum Gasteiger partial charge on any atom is -0.458 e. The number of nitrogens with zero attached hydrogens (tertiary/aromatic N) is 4. The molecule has 5 heterocycles. The average molecular weight is 1130 g/mol. The standard InChI is InChI=1S/C80H60N4O2/c1-48-19-16-20-49(2)76(48)54-41-67-61-27-10-8-25-59(61)60-26-9-11-28-62(60)68-40-53(52-33-36-74-66(39-52)65-30-13-15-32-73(65)86-74)43-72-79(68)83(78(67)69(42-54)77-50(3)21-17-22-51(77)4)47-82(72)56-23-18-24-57(45-56)85-58-34-35-64-63-29-12-14-31-70(63)84(71(64)46-58)75-44-55(37-38-81-75)80(5,6)7/h8-46H,1-7H3/i1D3,2D3,3D3,4D3,8D,9D,10D,11D,25D,26D,27D,28D. The maximum atomic E-state index is 10.2. The van der Waals surface area contributed by atoms with Gasteiger partial charge in [0, 0.05) is 50.3 Å². The van der Waals surface area contributed by atoms with E-state index in [9.17, 15) is 19.2 Å². The summed E-state index contributed by atoms with van der Waals surface area (Å²) >= 11 is 0. The third kappa shape index (κ3) is 8.15. The van der Waals surface area contributed by atoms with Crippen LogP contribution in [0.5, 0.6) is 11.5 Å². The van der Waals surface area contributed by atoms with Gasteiger partial charge in [0.2, 0.25) is 0 Å². The van der Waals surface area contributed by atoms with Crippen molar-refractivity contribution in [2.45, 2.75) is 53.6 Å². The zero-order chi connectivity index (χ0) is 75.1. The number of furan rings is 1. The first-order valence-corrected chi connectivity index (χ1v) is 28.0. The Morgan fingerprint density at radius 3 is 1.86 bits per heavy atom. The van der Waals surface area contributed by atoms with E-state index >= 15 is 0 Å². The van der Waals surface area contributed by atoms with Gasteiger partial charge in [0.25, 0.3) is 6.33 Å². The lowest BCUT2D eigenvalue weighted by Gasteiger charge is -2.23. The number of ether oxygens (including phenoxy) is 1. The molecule has 0 radical (unpaired) electrons. The van der Waals surface area contributed by atoms with Crippen molar-refractivity contribution in [3.8, 4) is 95.5 Å². The van der Waals surface area contributed by atoms with E-state index in [1.165, 1.54) is 53.1 Å². The minimum absolute atomic E-state index is 0.000837. The van der Waals surface area contributed by atoms with Crippen LogP contribution in [0, 0.1) is 33.7 Å². The number of fused-ring (bicyclic) bond motifs is 13. The first-order chi connectivity index (χ1) is 50.1. The van der Waals surface area contributed by atoms with Gasteiger partial charge in [-0.25, -0.2) is 4.98 Å². The quantitative estimate of drug-likeness (QED) is 0.118. The first kappa shape index (κ1) is 34.3. The SMILES string of the molecule is [2H]c1c([2H])c([2H])c2c(c1[2H])-c1cc(-c3c(C([2H])([2H])[2H])cccc3C([2H])([2H])[2H])cc(-c3c(C([2H])([2H])[2H])cccc3C([2H])([2H])[2H])c1-[n+]1[c-]n(-c3cccc(Oc4ccc5c6ccccc6n(-c6cc(C(C)(C)C)ccn6)c5c4)c3)c3cc(-c4ccc5oc6ccccc6c5c4)cc(c31)-c1c([2H])c([2H])c([2H])c([2H])c1-2. The van der Waals surface area contributed by atoms with Crippen LogP contribution in [0.15, 0.2) is 241 Å². The van der Waals surface area contributed by atoms with Crippen LogP contribution in [0.1, 0.15) is 76.0 Å². The Bertz CT molecular complexity index is 6220. The van der Waals surface area contributed by atoms with E-state index in [0.717, 1.165) is 32.8 Å². The van der Waals surface area contributed by atoms with E-state index in [1.807, 2.05) is 84.9 Å². The number of aryl methyl sites for hydroxylation is 4. The normalized spacial score (nSPS) is 16.1. The Labute approximate surface area is 528 Å². The van der Waals surface area contributed by atoms with Gasteiger partial charge in [-0.15, -0.1) is 0 Å². The van der Waals surface area contributed by atoms with Gasteiger partial charge < -0.3 is 9.15 Å². The lowest BCUT2D eigenvalue weighted by atomic mass is 9.84. The fourth-order valence-electron chi connectivity index (χ4n) is 12.5. The van der Waals surface area contributed by atoms with E-state index in [1.54, 1.807) is 53.2 Å². The van der Waals surface area contributed by atoms with Crippen molar-refractivity contribution >= 4 is 54.8 Å². The van der Waals surface area contributed by atoms with Crippen molar-refractivity contribution in [2.75, 3.05) is 0 Å². The van der Waals surface area contributed by atoms with Crippen molar-refractivity contribution in [1.82, 2.24) is 14.1 Å². The van der Waals surface area contributed by atoms with Gasteiger partial charge in [-0.1, -0.05) is 160 Å². The Hall–Kier alpha value is -10.6. The summed E-state index contributed by atoms with van der Waals surface area (Å²) in [7, 11) is 0. The van der Waals surface area contributed by atoms with Crippen LogP contribution in [0.25, 0.3) is 139 Å². The molecule has 1 aliphatic heterocycles. The smallest absolute Gasteiger partial charge is 0.269 e. The summed E-state index contributed by atoms with van der Waals surface area (Å²) in [6.07, 6.45) is 5.34. The van der Waals surface area contributed by atoms with E-state index in [4.69, 9.17) is 22.4 Å². The molecule has 6 nitrogen and oxygen atoms in total. The monoisotopic (exact) mass is 1130 g/mol. The average Bonchev–Trinajstić information content (AvgIpc) is 1.47. The highest BCUT2D eigenvalue weighted by molar-refractivity contribution is 6.10. The van der Waals surface area contributed by atoms with E-state index < -0.39 is 126 Å². The van der Waals surface area contributed by atoms with Crippen molar-refractivity contribution in [3.05, 3.63) is 271 Å². The molecule has 412 valence electrons. The highest BCUT2D eigenvalue weighted by Crippen LogP contribution is 2.49. The summed E-state index contributed by atoms with van der Waals surface area (Å²) in [5.74, 6) is 1.41. The molecule has 0 amide bonds. The predicted molar refractivity (Wildman–Crippen MR) is 353 cm³/mol. The molecule has 0 saturated carbocycles. The maximum Gasteiger partial charge on any atom is 0.269 e. The summed E-state index contributed by atoms with van der Waals surface area (Å²) in [6, 6.07) is 44.9. The second-order valence-electron chi connectivity index (χ2n) is 22.6. The maximum absolute atomic E-state index is 10.2. The number of para-hydroxylation sites is 2. The molecular formula is C80H60N4O2. The van der Waals surface area contributed by atoms with E-state index in [0.29, 0.717) is 50.7 Å². The lowest BCUT2D eigenvalue weighted by Crippen LogP contribution is -2.32. The third-order valence-electron chi connectivity index (χ3n) is 16.4. The van der Waals surface area contributed by atoms with Crippen LogP contribution in [0.2, 0.25) is 0 Å². The van der Waals surface area contributed by atoms with Crippen LogP contribution >= 0.6 is 0 Å². The number of rotatable bonds is 7. The second-order valence-corrected chi connectivity index (χ2v) is 22.6. The molecule has 16 rings (SSSR count). The molecule has 86 heavy (non-hydrogen) atoms. The number of imidazole rings is 1. The summed E-state index contributed by atoms with van der Waals surface area (Å²) in [6.45, 7) is -6.13. The molecule has 15 aromatic rings. The number of pyridine rings is 1. The molecule has 1 aliphatic rings. The van der Waals surface area contributed by atoms with Gasteiger partial charge in [-0.2, -0.15) is 0 Å². The van der Waals surface area contributed by atoms with Crippen molar-refractivity contribution in [3.63, 3.8) is 0 Å². The Balaban J connectivity index is 1.08. The van der Waals surface area contributed by atoms with Crippen molar-refractivity contribution < 1.29 is 41.1 Å². The molecule has 11 aromatic carbocycles. The summed E-state index contributed by atoms with van der Waals surface area (Å²) in [4.78, 5) is 4.88. The summed E-state index contributed by atoms with van der Waals surface area (Å²) < 4.78 is 206. The molecule has 0 saturated heterocycles. The van der Waals surface area contributed by atoms with Crippen LogP contribution in [-0.2, 0) is 5.41 Å². The summed E-state index contributed by atoms with van der Waals surface area (Å²) in [5, 5.41) is 3.40. The topological polar surface area (TPSA) is 49.0 Å². The zero-order valence-electron chi connectivity index (χ0n) is 66.5. The van der Waals surface area contributed by atoms with Crippen LogP contribution in [-0.4, -0.2) is 14.1 Å². The molecule has 0 fully saturated rings. The molecule has 0 spiro atoms. The second kappa shape index (κ2) is 19.5. The van der Waals surface area contributed by atoms with Gasteiger partial charge in [0.1, 0.15) is 28.5 Å². The number of hydrogen-bond acceptors (Lipinski definition) is 3. The molecule has 0 atom stereocenters. The van der Waals surface area contributed by atoms with Crippen molar-refractivity contribution in [2.24, 2.45) is 0 Å². The fraction of sp³-hybridized carbons (Fsp3) is 0.100. The number of aromatic nitrogens is 4. The summed E-state index contributed by atoms with van der Waals surface area (Å²) in [5.41, 5.74) is -0.662. The van der Waals surface area contributed by atoms with Gasteiger partial charge >= 0.3 is 0 Å². The first-order valence-electron chi connectivity index (χ1n) is 38.0. The highest BCUT2D eigenvalue weighted by atomic mass is 16.5. The predicted octanol–water partition coefficient (Wildman–Crippen LogP) is 20.7. The fourth-order valence-corrected chi connectivity index (χ4v) is 12.5. The molecule has 0 aliphatic carbocycles. The van der Waals surface area contributed by atoms with Gasteiger partial charge in [-0.05, 0) is 212 Å². The minimum atomic E-state index is -3.18. The number of benzene rings is 11. The van der Waals surface area contributed by atoms with Crippen molar-refractivity contribution in [1.29, 1.82) is 0 Å². The van der Waals surface area contributed by atoms with E-state index in [-0.39, 0.29) is 50.0 Å². The molecule has 0 unspecified atom stereocenters. The lowest BCUT2D eigenvalue weighted by molar-refractivity contribution is -0.570. The third-order valence-corrected chi connectivity index (χ3v) is 16.4. The Morgan fingerprint density at radius 2 is 1.12 bits per heavy atom. The number of hydrogen-bond donors (Lipinski definition) is 0. The van der Waals surface area contributed by atoms with Crippen LogP contribution in [0.3, 0.4) is 0 Å². The molecule has 0 N–H and O–H groups in total. The molecular weight excluding hydrogens is 1050 g/mol. The van der Waals surface area contributed by atoms with Gasteiger partial charge in [0.15, 0.2) is 0 Å². The van der Waals surface area contributed by atoms with Crippen LogP contribution < -0.4 is 9.30 Å².